The van der Waals surface area contributed by atoms with Gasteiger partial charge in [0.15, 0.2) is 0 Å². The van der Waals surface area contributed by atoms with Crippen molar-refractivity contribution < 1.29 is 9.53 Å². The van der Waals surface area contributed by atoms with Crippen molar-refractivity contribution in [2.24, 2.45) is 5.92 Å². The highest BCUT2D eigenvalue weighted by Crippen LogP contribution is 2.23. The molecule has 2 heterocycles. The Morgan fingerprint density at radius 3 is 3.15 bits per heavy atom. The first kappa shape index (κ1) is 15.0. The lowest BCUT2D eigenvalue weighted by molar-refractivity contribution is -0.130. The fraction of sp³-hybridized carbons (Fsp3) is 0.733. The van der Waals surface area contributed by atoms with Gasteiger partial charge in [-0.05, 0) is 26.2 Å². The number of carbonyl (C=O) groups excluding carboxylic acids is 1. The minimum absolute atomic E-state index is 0.0883. The van der Waals surface area contributed by atoms with Crippen molar-refractivity contribution in [1.29, 1.82) is 0 Å². The molecule has 2 atom stereocenters. The number of ether oxygens (including phenoxy) is 1. The first-order chi connectivity index (χ1) is 9.74. The molecule has 5 heteroatoms. The van der Waals surface area contributed by atoms with Crippen LogP contribution in [0.4, 0.5) is 0 Å². The Balaban J connectivity index is 1.82. The van der Waals surface area contributed by atoms with E-state index in [0.717, 1.165) is 38.1 Å². The fourth-order valence-electron chi connectivity index (χ4n) is 2.75. The lowest BCUT2D eigenvalue weighted by atomic mass is 9.93. The molecule has 2 unspecified atom stereocenters. The average Bonchev–Trinajstić information content (AvgIpc) is 2.93. The number of carbonyl (C=O) groups is 1. The third-order valence-corrected chi connectivity index (χ3v) is 3.91. The van der Waals surface area contributed by atoms with Crippen molar-refractivity contribution in [3.63, 3.8) is 0 Å². The zero-order chi connectivity index (χ0) is 14.4. The van der Waals surface area contributed by atoms with Crippen LogP contribution in [0.3, 0.4) is 0 Å². The van der Waals surface area contributed by atoms with Crippen molar-refractivity contribution in [3.8, 4) is 0 Å². The lowest BCUT2D eigenvalue weighted by Crippen LogP contribution is -2.37. The number of amides is 1. The molecule has 2 rings (SSSR count). The second-order valence-corrected chi connectivity index (χ2v) is 5.35. The summed E-state index contributed by atoms with van der Waals surface area (Å²) in [6.45, 7) is 6.31. The topological polar surface area (TPSA) is 56.2 Å². The van der Waals surface area contributed by atoms with Crippen LogP contribution in [-0.4, -0.2) is 28.2 Å². The Hall–Kier alpha value is -1.36. The predicted molar refractivity (Wildman–Crippen MR) is 77.1 cm³/mol. The van der Waals surface area contributed by atoms with E-state index in [9.17, 15) is 4.79 Å². The molecule has 20 heavy (non-hydrogen) atoms. The van der Waals surface area contributed by atoms with Gasteiger partial charge in [0.1, 0.15) is 5.82 Å². The van der Waals surface area contributed by atoms with Crippen LogP contribution < -0.4 is 5.32 Å². The molecule has 0 aromatic carbocycles. The van der Waals surface area contributed by atoms with E-state index in [2.05, 4.69) is 24.1 Å². The van der Waals surface area contributed by atoms with Crippen molar-refractivity contribution in [1.82, 2.24) is 14.9 Å². The molecular formula is C15H25N3O2. The maximum Gasteiger partial charge on any atom is 0.223 e. The second kappa shape index (κ2) is 7.43. The zero-order valence-electron chi connectivity index (χ0n) is 12.5. The minimum atomic E-state index is 0.0883. The molecule has 1 saturated heterocycles. The third kappa shape index (κ3) is 3.82. The quantitative estimate of drug-likeness (QED) is 0.867. The summed E-state index contributed by atoms with van der Waals surface area (Å²) < 4.78 is 7.73. The summed E-state index contributed by atoms with van der Waals surface area (Å²) in [4.78, 5) is 16.5. The number of imidazole rings is 1. The minimum Gasteiger partial charge on any atom is -0.378 e. The van der Waals surface area contributed by atoms with Gasteiger partial charge >= 0.3 is 0 Å². The second-order valence-electron chi connectivity index (χ2n) is 5.35. The molecule has 1 aliphatic rings. The van der Waals surface area contributed by atoms with Gasteiger partial charge in [-0.25, -0.2) is 4.98 Å². The van der Waals surface area contributed by atoms with E-state index < -0.39 is 0 Å². The Morgan fingerprint density at radius 2 is 2.40 bits per heavy atom. The molecule has 0 saturated carbocycles. The van der Waals surface area contributed by atoms with Crippen LogP contribution in [0, 0.1) is 5.92 Å². The summed E-state index contributed by atoms with van der Waals surface area (Å²) in [5, 5.41) is 3.01. The van der Waals surface area contributed by atoms with Crippen molar-refractivity contribution in [2.45, 2.75) is 58.7 Å². The highest BCUT2D eigenvalue weighted by Gasteiger charge is 2.27. The van der Waals surface area contributed by atoms with Crippen LogP contribution in [0.25, 0.3) is 0 Å². The highest BCUT2D eigenvalue weighted by molar-refractivity contribution is 5.78. The molecule has 1 fully saturated rings. The number of nitrogens with zero attached hydrogens (tertiary/aromatic N) is 2. The first-order valence-corrected chi connectivity index (χ1v) is 7.63. The molecule has 0 aliphatic carbocycles. The van der Waals surface area contributed by atoms with E-state index in [1.54, 1.807) is 6.20 Å². The molecule has 5 nitrogen and oxygen atoms in total. The van der Waals surface area contributed by atoms with Gasteiger partial charge in [0.25, 0.3) is 0 Å². The predicted octanol–water partition coefficient (Wildman–Crippen LogP) is 2.11. The van der Waals surface area contributed by atoms with Gasteiger partial charge in [0.05, 0.1) is 12.6 Å². The van der Waals surface area contributed by atoms with E-state index >= 15 is 0 Å². The molecule has 1 amide bonds. The van der Waals surface area contributed by atoms with Gasteiger partial charge in [0, 0.05) is 31.5 Å². The maximum absolute atomic E-state index is 12.2. The number of nitrogens with one attached hydrogen (secondary N) is 1. The van der Waals surface area contributed by atoms with Crippen LogP contribution in [0.15, 0.2) is 12.4 Å². The Labute approximate surface area is 120 Å². The SMILES string of the molecule is CCCC1CC(C(=O)NCc2nccn2CC)CCO1. The smallest absolute Gasteiger partial charge is 0.223 e. The average molecular weight is 279 g/mol. The largest absolute Gasteiger partial charge is 0.378 e. The third-order valence-electron chi connectivity index (χ3n) is 3.91. The van der Waals surface area contributed by atoms with Crippen molar-refractivity contribution in [2.75, 3.05) is 6.61 Å². The van der Waals surface area contributed by atoms with Gasteiger partial charge in [-0.3, -0.25) is 4.79 Å². The Kier molecular flexibility index (Phi) is 5.59. The highest BCUT2D eigenvalue weighted by atomic mass is 16.5. The molecule has 1 aliphatic heterocycles. The van der Waals surface area contributed by atoms with Crippen LogP contribution in [0.2, 0.25) is 0 Å². The number of aromatic nitrogens is 2. The number of rotatable bonds is 6. The standard InChI is InChI=1S/C15H25N3O2/c1-3-5-13-10-12(6-9-20-13)15(19)17-11-14-16-7-8-18(14)4-2/h7-8,12-13H,3-6,9-11H2,1-2H3,(H,17,19). The summed E-state index contributed by atoms with van der Waals surface area (Å²) >= 11 is 0. The summed E-state index contributed by atoms with van der Waals surface area (Å²) in [5.74, 6) is 1.14. The molecule has 0 bridgehead atoms. The van der Waals surface area contributed by atoms with Gasteiger partial charge < -0.3 is 14.6 Å². The van der Waals surface area contributed by atoms with Gasteiger partial charge in [-0.2, -0.15) is 0 Å². The number of hydrogen-bond acceptors (Lipinski definition) is 3. The van der Waals surface area contributed by atoms with Crippen molar-refractivity contribution >= 4 is 5.91 Å². The monoisotopic (exact) mass is 279 g/mol. The molecule has 0 radical (unpaired) electrons. The first-order valence-electron chi connectivity index (χ1n) is 7.63. The van der Waals surface area contributed by atoms with Gasteiger partial charge in [-0.1, -0.05) is 13.3 Å². The van der Waals surface area contributed by atoms with Crippen LogP contribution in [0.5, 0.6) is 0 Å². The normalized spacial score (nSPS) is 22.7. The van der Waals surface area contributed by atoms with Gasteiger partial charge in [0.2, 0.25) is 5.91 Å². The Bertz CT molecular complexity index is 429. The molecule has 1 aromatic rings. The Morgan fingerprint density at radius 1 is 1.55 bits per heavy atom. The summed E-state index contributed by atoms with van der Waals surface area (Å²) in [5.41, 5.74) is 0. The summed E-state index contributed by atoms with van der Waals surface area (Å²) in [6.07, 6.45) is 7.79. The molecule has 1 N–H and O–H groups in total. The molecule has 112 valence electrons. The maximum atomic E-state index is 12.2. The molecule has 0 spiro atoms. The summed E-state index contributed by atoms with van der Waals surface area (Å²) in [6, 6.07) is 0. The van der Waals surface area contributed by atoms with E-state index in [1.165, 1.54) is 0 Å². The number of hydrogen-bond donors (Lipinski definition) is 1. The van der Waals surface area contributed by atoms with Crippen molar-refractivity contribution in [3.05, 3.63) is 18.2 Å². The van der Waals surface area contributed by atoms with E-state index in [4.69, 9.17) is 4.74 Å². The van der Waals surface area contributed by atoms with Crippen LogP contribution in [0.1, 0.15) is 45.4 Å². The van der Waals surface area contributed by atoms with Gasteiger partial charge in [-0.15, -0.1) is 0 Å². The lowest BCUT2D eigenvalue weighted by Gasteiger charge is -2.28. The molecular weight excluding hydrogens is 254 g/mol. The van der Waals surface area contributed by atoms with E-state index in [0.29, 0.717) is 13.2 Å². The van der Waals surface area contributed by atoms with E-state index in [1.807, 2.05) is 10.8 Å². The zero-order valence-corrected chi connectivity index (χ0v) is 12.5. The van der Waals surface area contributed by atoms with Crippen LogP contribution >= 0.6 is 0 Å². The fourth-order valence-corrected chi connectivity index (χ4v) is 2.75. The summed E-state index contributed by atoms with van der Waals surface area (Å²) in [7, 11) is 0. The van der Waals surface area contributed by atoms with E-state index in [-0.39, 0.29) is 17.9 Å². The molecule has 1 aromatic heterocycles. The number of aryl methyl sites for hydroxylation is 1. The van der Waals surface area contributed by atoms with Crippen LogP contribution in [-0.2, 0) is 22.6 Å².